The zero-order chi connectivity index (χ0) is 17.6. The van der Waals surface area contributed by atoms with Crippen LogP contribution >= 0.6 is 22.9 Å². The molecule has 6 nitrogen and oxygen atoms in total. The Labute approximate surface area is 152 Å². The highest BCUT2D eigenvalue weighted by molar-refractivity contribution is 7.22. The van der Waals surface area contributed by atoms with E-state index in [4.69, 9.17) is 16.3 Å². The molecule has 0 aliphatic heterocycles. The number of halogens is 1. The van der Waals surface area contributed by atoms with E-state index in [2.05, 4.69) is 15.3 Å². The number of carbonyl (C=O) groups excluding carboxylic acids is 1. The first-order valence-corrected chi connectivity index (χ1v) is 8.62. The van der Waals surface area contributed by atoms with Gasteiger partial charge in [0.05, 0.1) is 33.9 Å². The molecule has 0 bridgehead atoms. The number of aromatic nitrogens is 3. The molecule has 2 aromatic heterocycles. The van der Waals surface area contributed by atoms with Crippen molar-refractivity contribution in [3.8, 4) is 0 Å². The average Bonchev–Trinajstić information content (AvgIpc) is 3.14. The molecule has 2 heterocycles. The quantitative estimate of drug-likeness (QED) is 0.541. The number of hydrogen-bond donors (Lipinski definition) is 1. The number of nitrogens with zero attached hydrogens (tertiary/aromatic N) is 3. The second-order valence-corrected chi connectivity index (χ2v) is 6.91. The van der Waals surface area contributed by atoms with Gasteiger partial charge < -0.3 is 14.6 Å². The van der Waals surface area contributed by atoms with E-state index in [1.54, 1.807) is 12.1 Å². The average molecular weight is 373 g/mol. The number of rotatable bonds is 3. The van der Waals surface area contributed by atoms with E-state index in [-0.39, 0.29) is 5.97 Å². The van der Waals surface area contributed by atoms with Crippen LogP contribution in [0.4, 0.5) is 11.1 Å². The number of nitrogens with one attached hydrogen (secondary N) is 1. The number of methoxy groups -OCH3 is 1. The van der Waals surface area contributed by atoms with Crippen LogP contribution in [0.15, 0.2) is 36.4 Å². The fourth-order valence-electron chi connectivity index (χ4n) is 2.60. The number of carbonyl (C=O) groups is 1. The summed E-state index contributed by atoms with van der Waals surface area (Å²) in [7, 11) is 3.26. The molecule has 4 rings (SSSR count). The van der Waals surface area contributed by atoms with Gasteiger partial charge >= 0.3 is 5.97 Å². The molecule has 25 heavy (non-hydrogen) atoms. The number of fused-ring (bicyclic) bond motifs is 2. The van der Waals surface area contributed by atoms with Gasteiger partial charge in [0.15, 0.2) is 5.13 Å². The molecule has 4 aromatic rings. The lowest BCUT2D eigenvalue weighted by molar-refractivity contribution is 0.0601. The standard InChI is InChI=1S/C17H13ClN4O2S/c1-22-13-6-3-9(15(23)24-2)7-12(13)19-16(22)21-17-20-11-5-4-10(18)8-14(11)25-17/h3-8H,1-2H3,(H,19,20,21). The molecule has 0 unspecified atom stereocenters. The Hall–Kier alpha value is -2.64. The number of anilines is 2. The molecule has 0 aliphatic carbocycles. The van der Waals surface area contributed by atoms with Crippen LogP contribution in [0.25, 0.3) is 21.3 Å². The maximum Gasteiger partial charge on any atom is 0.337 e. The number of ether oxygens (including phenoxy) is 1. The number of hydrogen-bond acceptors (Lipinski definition) is 6. The SMILES string of the molecule is COC(=O)c1ccc2c(c1)nc(Nc1nc3ccc(Cl)cc3s1)n2C. The highest BCUT2D eigenvalue weighted by Gasteiger charge is 2.13. The third-order valence-electron chi connectivity index (χ3n) is 3.87. The molecule has 0 radical (unpaired) electrons. The first-order chi connectivity index (χ1) is 12.0. The van der Waals surface area contributed by atoms with Crippen LogP contribution in [0.3, 0.4) is 0 Å². The molecule has 0 saturated carbocycles. The summed E-state index contributed by atoms with van der Waals surface area (Å²) in [6, 6.07) is 10.9. The molecule has 126 valence electrons. The van der Waals surface area contributed by atoms with Crippen LogP contribution < -0.4 is 5.32 Å². The van der Waals surface area contributed by atoms with Crippen LogP contribution in [0, 0.1) is 0 Å². The summed E-state index contributed by atoms with van der Waals surface area (Å²) in [4.78, 5) is 20.8. The summed E-state index contributed by atoms with van der Waals surface area (Å²) in [5.74, 6) is 0.257. The van der Waals surface area contributed by atoms with Crippen molar-refractivity contribution in [3.63, 3.8) is 0 Å². The fraction of sp³-hybridized carbons (Fsp3) is 0.118. The number of esters is 1. The molecule has 0 spiro atoms. The Bertz CT molecular complexity index is 1120. The molecular weight excluding hydrogens is 360 g/mol. The van der Waals surface area contributed by atoms with E-state index in [1.807, 2.05) is 35.9 Å². The summed E-state index contributed by atoms with van der Waals surface area (Å²) >= 11 is 7.53. The van der Waals surface area contributed by atoms with Crippen molar-refractivity contribution in [3.05, 3.63) is 47.0 Å². The van der Waals surface area contributed by atoms with Crippen LogP contribution in [0.1, 0.15) is 10.4 Å². The van der Waals surface area contributed by atoms with E-state index >= 15 is 0 Å². The summed E-state index contributed by atoms with van der Waals surface area (Å²) in [5.41, 5.74) is 2.95. The zero-order valence-corrected chi connectivity index (χ0v) is 15.0. The van der Waals surface area contributed by atoms with Crippen LogP contribution in [0.5, 0.6) is 0 Å². The third kappa shape index (κ3) is 2.81. The molecule has 0 fully saturated rings. The van der Waals surface area contributed by atoms with Gasteiger partial charge in [0, 0.05) is 12.1 Å². The molecule has 8 heteroatoms. The topological polar surface area (TPSA) is 69.0 Å². The molecule has 0 amide bonds. The zero-order valence-electron chi connectivity index (χ0n) is 13.4. The second kappa shape index (κ2) is 6.02. The molecule has 2 aromatic carbocycles. The molecule has 0 saturated heterocycles. The minimum absolute atomic E-state index is 0.384. The third-order valence-corrected chi connectivity index (χ3v) is 5.04. The summed E-state index contributed by atoms with van der Waals surface area (Å²) in [6.07, 6.45) is 0. The van der Waals surface area contributed by atoms with Gasteiger partial charge in [-0.25, -0.2) is 14.8 Å². The minimum Gasteiger partial charge on any atom is -0.465 e. The van der Waals surface area contributed by atoms with Gasteiger partial charge in [0.25, 0.3) is 0 Å². The summed E-state index contributed by atoms with van der Waals surface area (Å²) in [6.45, 7) is 0. The van der Waals surface area contributed by atoms with Crippen molar-refractivity contribution in [2.45, 2.75) is 0 Å². The van der Waals surface area contributed by atoms with Crippen molar-refractivity contribution >= 4 is 61.2 Å². The lowest BCUT2D eigenvalue weighted by atomic mass is 10.2. The van der Waals surface area contributed by atoms with E-state index in [1.165, 1.54) is 18.4 Å². The number of aryl methyl sites for hydroxylation is 1. The maximum absolute atomic E-state index is 11.7. The van der Waals surface area contributed by atoms with Gasteiger partial charge in [0.2, 0.25) is 5.95 Å². The fourth-order valence-corrected chi connectivity index (χ4v) is 3.74. The number of imidazole rings is 1. The van der Waals surface area contributed by atoms with Crippen molar-refractivity contribution < 1.29 is 9.53 Å². The van der Waals surface area contributed by atoms with E-state index in [0.717, 1.165) is 20.9 Å². The second-order valence-electron chi connectivity index (χ2n) is 5.45. The van der Waals surface area contributed by atoms with Crippen LogP contribution in [-0.4, -0.2) is 27.6 Å². The van der Waals surface area contributed by atoms with Gasteiger partial charge in [0.1, 0.15) is 0 Å². The lowest BCUT2D eigenvalue weighted by Crippen LogP contribution is -2.00. The maximum atomic E-state index is 11.7. The largest absolute Gasteiger partial charge is 0.465 e. The Morgan fingerprint density at radius 3 is 2.84 bits per heavy atom. The first kappa shape index (κ1) is 15.9. The summed E-state index contributed by atoms with van der Waals surface area (Å²) in [5, 5.41) is 4.64. The molecule has 1 N–H and O–H groups in total. The van der Waals surface area contributed by atoms with Crippen molar-refractivity contribution in [1.29, 1.82) is 0 Å². The van der Waals surface area contributed by atoms with Gasteiger partial charge in [-0.2, -0.15) is 0 Å². The number of thiazole rings is 1. The molecule has 0 aliphatic rings. The molecule has 0 atom stereocenters. The van der Waals surface area contributed by atoms with Gasteiger partial charge in [-0.1, -0.05) is 22.9 Å². The smallest absolute Gasteiger partial charge is 0.337 e. The first-order valence-electron chi connectivity index (χ1n) is 7.43. The highest BCUT2D eigenvalue weighted by atomic mass is 35.5. The predicted octanol–water partition coefficient (Wildman–Crippen LogP) is 4.37. The van der Waals surface area contributed by atoms with Gasteiger partial charge in [-0.15, -0.1) is 0 Å². The van der Waals surface area contributed by atoms with Crippen molar-refractivity contribution in [2.75, 3.05) is 12.4 Å². The van der Waals surface area contributed by atoms with E-state index in [0.29, 0.717) is 22.1 Å². The van der Waals surface area contributed by atoms with E-state index < -0.39 is 0 Å². The highest BCUT2D eigenvalue weighted by Crippen LogP contribution is 2.31. The van der Waals surface area contributed by atoms with Crippen LogP contribution in [-0.2, 0) is 11.8 Å². The predicted molar refractivity (Wildman–Crippen MR) is 100.0 cm³/mol. The lowest BCUT2D eigenvalue weighted by Gasteiger charge is -2.02. The number of benzene rings is 2. The normalized spacial score (nSPS) is 11.2. The Kier molecular flexibility index (Phi) is 3.82. The Morgan fingerprint density at radius 1 is 1.20 bits per heavy atom. The Morgan fingerprint density at radius 2 is 2.04 bits per heavy atom. The van der Waals surface area contributed by atoms with Gasteiger partial charge in [-0.05, 0) is 36.4 Å². The van der Waals surface area contributed by atoms with Crippen molar-refractivity contribution in [2.24, 2.45) is 7.05 Å². The Balaban J connectivity index is 1.72. The van der Waals surface area contributed by atoms with Crippen molar-refractivity contribution in [1.82, 2.24) is 14.5 Å². The monoisotopic (exact) mass is 372 g/mol. The minimum atomic E-state index is -0.384. The summed E-state index contributed by atoms with van der Waals surface area (Å²) < 4.78 is 7.67. The van der Waals surface area contributed by atoms with Gasteiger partial charge in [-0.3, -0.25) is 0 Å². The van der Waals surface area contributed by atoms with E-state index in [9.17, 15) is 4.79 Å². The molecular formula is C17H13ClN4O2S. The van der Waals surface area contributed by atoms with Crippen LogP contribution in [0.2, 0.25) is 5.02 Å².